The van der Waals surface area contributed by atoms with Crippen molar-refractivity contribution in [2.75, 3.05) is 11.9 Å². The molecule has 1 aromatic rings. The summed E-state index contributed by atoms with van der Waals surface area (Å²) < 4.78 is 0. The minimum atomic E-state index is -0.390. The average molecular weight is 311 g/mol. The van der Waals surface area contributed by atoms with Crippen molar-refractivity contribution in [2.24, 2.45) is 0 Å². The smallest absolute Gasteiger partial charge is 0.320 e. The summed E-state index contributed by atoms with van der Waals surface area (Å²) in [6, 6.07) is 2.60. The van der Waals surface area contributed by atoms with Crippen LogP contribution in [-0.2, 0) is 4.79 Å². The third-order valence-electron chi connectivity index (χ3n) is 3.23. The maximum absolute atomic E-state index is 11.9. The first-order valence-electron chi connectivity index (χ1n) is 6.75. The van der Waals surface area contributed by atoms with Crippen LogP contribution in [0.4, 0.5) is 10.6 Å². The molecule has 2 heterocycles. The van der Waals surface area contributed by atoms with Crippen molar-refractivity contribution in [1.82, 2.24) is 15.2 Å². The van der Waals surface area contributed by atoms with Crippen molar-refractivity contribution >= 4 is 29.4 Å². The molecule has 1 saturated heterocycles. The van der Waals surface area contributed by atoms with Crippen molar-refractivity contribution in [1.29, 1.82) is 0 Å². The Morgan fingerprint density at radius 3 is 2.76 bits per heavy atom. The summed E-state index contributed by atoms with van der Waals surface area (Å²) in [4.78, 5) is 29.6. The molecule has 6 nitrogen and oxygen atoms in total. The van der Waals surface area contributed by atoms with E-state index in [2.05, 4.69) is 15.6 Å². The van der Waals surface area contributed by atoms with Crippen LogP contribution < -0.4 is 10.6 Å². The van der Waals surface area contributed by atoms with Gasteiger partial charge in [0.05, 0.1) is 6.04 Å². The van der Waals surface area contributed by atoms with Gasteiger partial charge in [0.1, 0.15) is 5.82 Å². The highest BCUT2D eigenvalue weighted by molar-refractivity contribution is 6.30. The van der Waals surface area contributed by atoms with E-state index in [1.165, 1.54) is 6.20 Å². The van der Waals surface area contributed by atoms with E-state index >= 15 is 0 Å². The minimum Gasteiger partial charge on any atom is -0.336 e. The van der Waals surface area contributed by atoms with Gasteiger partial charge >= 0.3 is 6.03 Å². The normalized spacial score (nSPS) is 18.8. The molecular formula is C14H19ClN4O2. The molecule has 21 heavy (non-hydrogen) atoms. The van der Waals surface area contributed by atoms with Crippen LogP contribution in [0.15, 0.2) is 18.3 Å². The first-order valence-corrected chi connectivity index (χ1v) is 7.13. The largest absolute Gasteiger partial charge is 0.336 e. The SMILES string of the molecule is CC(C)(C)N1CC(NC(=O)Nc2cc(Cl)ccn2)CC1=O. The molecule has 1 fully saturated rings. The highest BCUT2D eigenvalue weighted by atomic mass is 35.5. The van der Waals surface area contributed by atoms with Crippen molar-refractivity contribution in [3.8, 4) is 0 Å². The molecule has 1 unspecified atom stereocenters. The summed E-state index contributed by atoms with van der Waals surface area (Å²) in [6.07, 6.45) is 1.83. The Bertz CT molecular complexity index is 556. The third-order valence-corrected chi connectivity index (χ3v) is 3.47. The number of pyridine rings is 1. The molecule has 1 aliphatic rings. The maximum Gasteiger partial charge on any atom is 0.320 e. The third kappa shape index (κ3) is 4.07. The number of carbonyl (C=O) groups excluding carboxylic acids is 2. The van der Waals surface area contributed by atoms with Crippen LogP contribution in [0.2, 0.25) is 5.02 Å². The standard InChI is InChI=1S/C14H19ClN4O2/c1-14(2,3)19-8-10(7-12(19)20)17-13(21)18-11-6-9(15)4-5-16-11/h4-6,10H,7-8H2,1-3H3,(H2,16,17,18,21). The topological polar surface area (TPSA) is 74.3 Å². The average Bonchev–Trinajstić information content (AvgIpc) is 2.69. The number of hydrogen-bond acceptors (Lipinski definition) is 3. The van der Waals surface area contributed by atoms with Gasteiger partial charge in [0.25, 0.3) is 0 Å². The van der Waals surface area contributed by atoms with Gasteiger partial charge in [0, 0.05) is 29.7 Å². The molecule has 1 atom stereocenters. The molecule has 3 amide bonds. The van der Waals surface area contributed by atoms with Gasteiger partial charge in [-0.1, -0.05) is 11.6 Å². The number of carbonyl (C=O) groups is 2. The molecule has 2 N–H and O–H groups in total. The van der Waals surface area contributed by atoms with E-state index in [4.69, 9.17) is 11.6 Å². The van der Waals surface area contributed by atoms with Crippen LogP contribution in [0.5, 0.6) is 0 Å². The molecule has 2 rings (SSSR count). The van der Waals surface area contributed by atoms with Crippen LogP contribution >= 0.6 is 11.6 Å². The van der Waals surface area contributed by atoms with Crippen LogP contribution in [0.3, 0.4) is 0 Å². The zero-order valence-electron chi connectivity index (χ0n) is 12.3. The van der Waals surface area contributed by atoms with E-state index in [9.17, 15) is 9.59 Å². The number of likely N-dealkylation sites (tertiary alicyclic amines) is 1. The van der Waals surface area contributed by atoms with Crippen LogP contribution in [-0.4, -0.2) is 39.9 Å². The number of rotatable bonds is 2. The van der Waals surface area contributed by atoms with Gasteiger partial charge in [-0.05, 0) is 32.9 Å². The van der Waals surface area contributed by atoms with Gasteiger partial charge in [0.15, 0.2) is 0 Å². The Balaban J connectivity index is 1.91. The molecule has 0 radical (unpaired) electrons. The fraction of sp³-hybridized carbons (Fsp3) is 0.500. The van der Waals surface area contributed by atoms with Gasteiger partial charge in [-0.2, -0.15) is 0 Å². The zero-order valence-corrected chi connectivity index (χ0v) is 13.1. The van der Waals surface area contributed by atoms with Crippen molar-refractivity contribution in [3.63, 3.8) is 0 Å². The van der Waals surface area contributed by atoms with E-state index in [1.807, 2.05) is 20.8 Å². The van der Waals surface area contributed by atoms with Gasteiger partial charge in [0.2, 0.25) is 5.91 Å². The molecular weight excluding hydrogens is 292 g/mol. The number of urea groups is 1. The van der Waals surface area contributed by atoms with E-state index in [-0.39, 0.29) is 17.5 Å². The van der Waals surface area contributed by atoms with Crippen LogP contribution in [0, 0.1) is 0 Å². The molecule has 0 saturated carbocycles. The fourth-order valence-corrected chi connectivity index (χ4v) is 2.42. The van der Waals surface area contributed by atoms with E-state index < -0.39 is 6.03 Å². The Morgan fingerprint density at radius 1 is 1.48 bits per heavy atom. The quantitative estimate of drug-likeness (QED) is 0.880. The Labute approximate surface area is 128 Å². The van der Waals surface area contributed by atoms with Crippen molar-refractivity contribution in [3.05, 3.63) is 23.4 Å². The lowest BCUT2D eigenvalue weighted by Crippen LogP contribution is -2.45. The van der Waals surface area contributed by atoms with Gasteiger partial charge < -0.3 is 10.2 Å². The molecule has 0 bridgehead atoms. The first-order chi connectivity index (χ1) is 9.75. The number of hydrogen-bond donors (Lipinski definition) is 2. The summed E-state index contributed by atoms with van der Waals surface area (Å²) in [5.74, 6) is 0.422. The van der Waals surface area contributed by atoms with E-state index in [0.29, 0.717) is 23.8 Å². The summed E-state index contributed by atoms with van der Waals surface area (Å²) in [5, 5.41) is 5.88. The number of amides is 3. The van der Waals surface area contributed by atoms with Crippen LogP contribution in [0.1, 0.15) is 27.2 Å². The zero-order chi connectivity index (χ0) is 15.6. The lowest BCUT2D eigenvalue weighted by Gasteiger charge is -2.32. The number of aromatic nitrogens is 1. The van der Waals surface area contributed by atoms with Crippen molar-refractivity contribution < 1.29 is 9.59 Å². The van der Waals surface area contributed by atoms with Crippen LogP contribution in [0.25, 0.3) is 0 Å². The molecule has 1 aromatic heterocycles. The lowest BCUT2D eigenvalue weighted by molar-refractivity contribution is -0.131. The Hall–Kier alpha value is -1.82. The van der Waals surface area contributed by atoms with Gasteiger partial charge in [-0.3, -0.25) is 10.1 Å². The minimum absolute atomic E-state index is 0.0497. The monoisotopic (exact) mass is 310 g/mol. The van der Waals surface area contributed by atoms with E-state index in [0.717, 1.165) is 0 Å². The molecule has 1 aliphatic heterocycles. The molecule has 0 spiro atoms. The second kappa shape index (κ2) is 5.89. The highest BCUT2D eigenvalue weighted by Crippen LogP contribution is 2.22. The number of nitrogens with zero attached hydrogens (tertiary/aromatic N) is 2. The Morgan fingerprint density at radius 2 is 2.19 bits per heavy atom. The number of anilines is 1. The fourth-order valence-electron chi connectivity index (χ4n) is 2.26. The summed E-state index contributed by atoms with van der Waals surface area (Å²) in [5.41, 5.74) is -0.238. The molecule has 7 heteroatoms. The molecule has 0 aliphatic carbocycles. The lowest BCUT2D eigenvalue weighted by atomic mass is 10.1. The number of nitrogens with one attached hydrogen (secondary N) is 2. The summed E-state index contributed by atoms with van der Waals surface area (Å²) in [7, 11) is 0. The first kappa shape index (κ1) is 15.6. The van der Waals surface area contributed by atoms with Gasteiger partial charge in [-0.25, -0.2) is 9.78 Å². The second-order valence-corrected chi connectivity index (χ2v) is 6.47. The van der Waals surface area contributed by atoms with E-state index in [1.54, 1.807) is 17.0 Å². The summed E-state index contributed by atoms with van der Waals surface area (Å²) in [6.45, 7) is 6.44. The highest BCUT2D eigenvalue weighted by Gasteiger charge is 2.36. The molecule has 114 valence electrons. The van der Waals surface area contributed by atoms with Crippen molar-refractivity contribution in [2.45, 2.75) is 38.8 Å². The second-order valence-electron chi connectivity index (χ2n) is 6.03. The van der Waals surface area contributed by atoms with Gasteiger partial charge in [-0.15, -0.1) is 0 Å². The maximum atomic E-state index is 11.9. The Kier molecular flexibility index (Phi) is 4.37. The number of halogens is 1. The predicted octanol–water partition coefficient (Wildman–Crippen LogP) is 2.26. The summed E-state index contributed by atoms with van der Waals surface area (Å²) >= 11 is 5.82. The molecule has 0 aromatic carbocycles. The predicted molar refractivity (Wildman–Crippen MR) is 81.3 cm³/mol.